The second kappa shape index (κ2) is 7.62. The predicted octanol–water partition coefficient (Wildman–Crippen LogP) is 2.45. The molecule has 4 nitrogen and oxygen atoms in total. The molecule has 1 aliphatic rings. The van der Waals surface area contributed by atoms with Crippen LogP contribution in [0.1, 0.15) is 47.6 Å². The molecule has 0 aromatic heterocycles. The summed E-state index contributed by atoms with van der Waals surface area (Å²) in [6.07, 6.45) is 3.71. The second-order valence-electron chi connectivity index (χ2n) is 5.14. The Morgan fingerprint density at radius 2 is 1.95 bits per heavy atom. The van der Waals surface area contributed by atoms with E-state index in [0.29, 0.717) is 11.1 Å². The minimum atomic E-state index is -0.603. The molecule has 0 unspecified atom stereocenters. The van der Waals surface area contributed by atoms with E-state index in [-0.39, 0.29) is 18.3 Å². The van der Waals surface area contributed by atoms with Crippen molar-refractivity contribution in [1.82, 2.24) is 0 Å². The van der Waals surface area contributed by atoms with E-state index in [1.165, 1.54) is 7.11 Å². The Hall–Kier alpha value is -1.10. The fourth-order valence-corrected chi connectivity index (χ4v) is 2.86. The predicted molar refractivity (Wildman–Crippen MR) is 79.9 cm³/mol. The number of aliphatic hydroxyl groups excluding tert-OH is 1. The molecule has 112 valence electrons. The Morgan fingerprint density at radius 3 is 2.55 bits per heavy atom. The van der Waals surface area contributed by atoms with Crippen LogP contribution < -0.4 is 5.73 Å². The van der Waals surface area contributed by atoms with Gasteiger partial charge in [-0.25, -0.2) is 4.79 Å². The van der Waals surface area contributed by atoms with Gasteiger partial charge in [0.15, 0.2) is 0 Å². The maximum atomic E-state index is 11.7. The molecule has 3 N–H and O–H groups in total. The first kappa shape index (κ1) is 17.0. The number of hydrogen-bond acceptors (Lipinski definition) is 4. The topological polar surface area (TPSA) is 72.5 Å². The average molecular weight is 300 g/mol. The van der Waals surface area contributed by atoms with E-state index in [1.54, 1.807) is 18.2 Å². The lowest BCUT2D eigenvalue weighted by molar-refractivity contribution is 0.0591. The van der Waals surface area contributed by atoms with Gasteiger partial charge < -0.3 is 15.6 Å². The van der Waals surface area contributed by atoms with Crippen LogP contribution in [-0.2, 0) is 4.74 Å². The number of benzene rings is 1. The Labute approximate surface area is 125 Å². The van der Waals surface area contributed by atoms with Crippen molar-refractivity contribution in [3.05, 3.63) is 35.4 Å². The lowest BCUT2D eigenvalue weighted by atomic mass is 9.89. The van der Waals surface area contributed by atoms with Gasteiger partial charge in [0.25, 0.3) is 0 Å². The zero-order valence-electron chi connectivity index (χ0n) is 11.6. The summed E-state index contributed by atoms with van der Waals surface area (Å²) in [6, 6.07) is 6.52. The third-order valence-corrected chi connectivity index (χ3v) is 3.98. The summed E-state index contributed by atoms with van der Waals surface area (Å²) in [7, 11) is 1.35. The van der Waals surface area contributed by atoms with Crippen molar-refractivity contribution in [3.8, 4) is 0 Å². The molecule has 5 heteroatoms. The minimum Gasteiger partial charge on any atom is -0.465 e. The van der Waals surface area contributed by atoms with Crippen LogP contribution in [-0.4, -0.2) is 24.3 Å². The highest BCUT2D eigenvalue weighted by Crippen LogP contribution is 2.33. The van der Waals surface area contributed by atoms with Crippen molar-refractivity contribution in [3.63, 3.8) is 0 Å². The molecule has 1 aromatic carbocycles. The van der Waals surface area contributed by atoms with Crippen LogP contribution in [0.25, 0.3) is 0 Å². The van der Waals surface area contributed by atoms with Crippen molar-refractivity contribution < 1.29 is 14.6 Å². The average Bonchev–Trinajstić information content (AvgIpc) is 2.99. The lowest BCUT2D eigenvalue weighted by Crippen LogP contribution is -2.33. The molecule has 0 amide bonds. The van der Waals surface area contributed by atoms with E-state index < -0.39 is 18.1 Å². The van der Waals surface area contributed by atoms with Crippen LogP contribution >= 0.6 is 12.4 Å². The van der Waals surface area contributed by atoms with Gasteiger partial charge in [-0.1, -0.05) is 31.0 Å². The van der Waals surface area contributed by atoms with Crippen LogP contribution in [0.4, 0.5) is 0 Å². The number of halogens is 1. The molecule has 0 heterocycles. The SMILES string of the molecule is COC(=O)c1ccccc1[C@@H](N)[C@@H](O)C1CCCC1.Cl. The molecule has 2 rings (SSSR count). The molecule has 0 saturated heterocycles. The number of carbonyl (C=O) groups excluding carboxylic acids is 1. The van der Waals surface area contributed by atoms with Crippen LogP contribution in [0.15, 0.2) is 24.3 Å². The molecule has 1 aromatic rings. The van der Waals surface area contributed by atoms with Crippen molar-refractivity contribution >= 4 is 18.4 Å². The van der Waals surface area contributed by atoms with Gasteiger partial charge in [0, 0.05) is 0 Å². The highest BCUT2D eigenvalue weighted by molar-refractivity contribution is 5.91. The maximum Gasteiger partial charge on any atom is 0.338 e. The molecular formula is C15H22ClNO3. The summed E-state index contributed by atoms with van der Waals surface area (Å²) in [5.74, 6) is -0.176. The molecule has 0 aliphatic heterocycles. The molecule has 20 heavy (non-hydrogen) atoms. The van der Waals surface area contributed by atoms with E-state index >= 15 is 0 Å². The molecule has 1 aliphatic carbocycles. The zero-order valence-corrected chi connectivity index (χ0v) is 12.4. The molecule has 0 bridgehead atoms. The number of esters is 1. The van der Waals surface area contributed by atoms with Gasteiger partial charge in [0.1, 0.15) is 0 Å². The summed E-state index contributed by atoms with van der Waals surface area (Å²) in [6.45, 7) is 0. The quantitative estimate of drug-likeness (QED) is 0.838. The standard InChI is InChI=1S/C15H21NO3.ClH/c1-19-15(18)12-9-5-4-8-11(12)13(16)14(17)10-6-2-3-7-10;/h4-5,8-10,13-14,17H,2-3,6-7,16H2,1H3;1H/t13-,14+;/m1./s1. The van der Waals surface area contributed by atoms with Crippen LogP contribution in [0.3, 0.4) is 0 Å². The second-order valence-corrected chi connectivity index (χ2v) is 5.14. The molecule has 0 spiro atoms. The van der Waals surface area contributed by atoms with Crippen molar-refractivity contribution in [1.29, 1.82) is 0 Å². The van der Waals surface area contributed by atoms with Crippen LogP contribution in [0, 0.1) is 5.92 Å². The van der Waals surface area contributed by atoms with Crippen LogP contribution in [0.2, 0.25) is 0 Å². The highest BCUT2D eigenvalue weighted by atomic mass is 35.5. The number of nitrogens with two attached hydrogens (primary N) is 1. The number of ether oxygens (including phenoxy) is 1. The third-order valence-electron chi connectivity index (χ3n) is 3.98. The van der Waals surface area contributed by atoms with Gasteiger partial charge in [-0.15, -0.1) is 12.4 Å². The first-order chi connectivity index (χ1) is 9.15. The molecule has 0 radical (unpaired) electrons. The van der Waals surface area contributed by atoms with Crippen molar-refractivity contribution in [2.45, 2.75) is 37.8 Å². The molecule has 1 fully saturated rings. The van der Waals surface area contributed by atoms with Gasteiger partial charge in [-0.2, -0.15) is 0 Å². The fraction of sp³-hybridized carbons (Fsp3) is 0.533. The lowest BCUT2D eigenvalue weighted by Gasteiger charge is -2.25. The highest BCUT2D eigenvalue weighted by Gasteiger charge is 2.30. The Morgan fingerprint density at radius 1 is 1.35 bits per heavy atom. The Kier molecular flexibility index (Phi) is 6.46. The monoisotopic (exact) mass is 299 g/mol. The normalized spacial score (nSPS) is 18.1. The number of aliphatic hydroxyl groups is 1. The number of rotatable bonds is 4. The smallest absolute Gasteiger partial charge is 0.338 e. The Bertz CT molecular complexity index is 446. The summed E-state index contributed by atoms with van der Waals surface area (Å²) >= 11 is 0. The summed E-state index contributed by atoms with van der Waals surface area (Å²) in [4.78, 5) is 11.7. The largest absolute Gasteiger partial charge is 0.465 e. The number of hydrogen-bond donors (Lipinski definition) is 2. The fourth-order valence-electron chi connectivity index (χ4n) is 2.86. The van der Waals surface area contributed by atoms with Crippen molar-refractivity contribution in [2.24, 2.45) is 11.7 Å². The third kappa shape index (κ3) is 3.51. The summed E-state index contributed by atoms with van der Waals surface area (Å²) in [5, 5.41) is 10.4. The number of methoxy groups -OCH3 is 1. The van der Waals surface area contributed by atoms with Gasteiger partial charge in [0.2, 0.25) is 0 Å². The molecule has 2 atom stereocenters. The molecule has 1 saturated carbocycles. The van der Waals surface area contributed by atoms with Gasteiger partial charge >= 0.3 is 5.97 Å². The summed E-state index contributed by atoms with van der Waals surface area (Å²) < 4.78 is 4.76. The zero-order chi connectivity index (χ0) is 13.8. The molecular weight excluding hydrogens is 278 g/mol. The maximum absolute atomic E-state index is 11.7. The summed E-state index contributed by atoms with van der Waals surface area (Å²) in [5.41, 5.74) is 7.25. The first-order valence-corrected chi connectivity index (χ1v) is 6.76. The van der Waals surface area contributed by atoms with Crippen LogP contribution in [0.5, 0.6) is 0 Å². The Balaban J connectivity index is 0.00000200. The van der Waals surface area contributed by atoms with E-state index in [2.05, 4.69) is 0 Å². The first-order valence-electron chi connectivity index (χ1n) is 6.76. The van der Waals surface area contributed by atoms with Gasteiger partial charge in [-0.3, -0.25) is 0 Å². The van der Waals surface area contributed by atoms with E-state index in [0.717, 1.165) is 25.7 Å². The number of carbonyl (C=O) groups is 1. The van der Waals surface area contributed by atoms with E-state index in [4.69, 9.17) is 10.5 Å². The van der Waals surface area contributed by atoms with Crippen molar-refractivity contribution in [2.75, 3.05) is 7.11 Å². The van der Waals surface area contributed by atoms with Gasteiger partial charge in [0.05, 0.1) is 24.8 Å². The van der Waals surface area contributed by atoms with Gasteiger partial charge in [-0.05, 0) is 30.4 Å². The minimum absolute atomic E-state index is 0. The van der Waals surface area contributed by atoms with E-state index in [1.807, 2.05) is 6.07 Å². The van der Waals surface area contributed by atoms with E-state index in [9.17, 15) is 9.90 Å².